The molecule has 28 heavy (non-hydrogen) atoms. The second kappa shape index (κ2) is 10.0. The Bertz CT molecular complexity index is 797. The van der Waals surface area contributed by atoms with Gasteiger partial charge in [-0.2, -0.15) is 23.5 Å². The van der Waals surface area contributed by atoms with Crippen molar-refractivity contribution in [2.75, 3.05) is 26.6 Å². The van der Waals surface area contributed by atoms with Crippen LogP contribution >= 0.6 is 11.6 Å². The Labute approximate surface area is 164 Å². The molecule has 0 bridgehead atoms. The molecular formula is C16H20ClF3N6O2. The second-order valence-electron chi connectivity index (χ2n) is 5.44. The quantitative estimate of drug-likeness (QED) is 0.378. The van der Waals surface area contributed by atoms with Gasteiger partial charge in [-0.25, -0.2) is 4.68 Å². The lowest BCUT2D eigenvalue weighted by atomic mass is 10.1. The number of nitrogens with one attached hydrogen (secondary N) is 1. The highest BCUT2D eigenvalue weighted by Crippen LogP contribution is 2.35. The highest BCUT2D eigenvalue weighted by Gasteiger charge is 2.39. The van der Waals surface area contributed by atoms with Crippen molar-refractivity contribution in [2.24, 2.45) is 5.73 Å². The summed E-state index contributed by atoms with van der Waals surface area (Å²) in [6.45, 7) is 0.503. The lowest BCUT2D eigenvalue weighted by Gasteiger charge is -2.29. The average Bonchev–Trinajstić information content (AvgIpc) is 2.97. The molecule has 0 aromatic carbocycles. The van der Waals surface area contributed by atoms with E-state index in [1.165, 1.54) is 26.4 Å². The van der Waals surface area contributed by atoms with Crippen molar-refractivity contribution in [3.05, 3.63) is 47.5 Å². The van der Waals surface area contributed by atoms with Crippen molar-refractivity contribution in [1.29, 1.82) is 5.26 Å². The molecule has 1 unspecified atom stereocenters. The van der Waals surface area contributed by atoms with E-state index in [0.717, 1.165) is 23.0 Å². The molecule has 0 aliphatic carbocycles. The summed E-state index contributed by atoms with van der Waals surface area (Å²) in [6.07, 6.45) is -0.447. The van der Waals surface area contributed by atoms with Gasteiger partial charge in [0.1, 0.15) is 5.82 Å². The molecule has 0 saturated carbocycles. The number of nitrogens with zero attached hydrogens (tertiary/aromatic N) is 3. The number of nitrogen functional groups attached to an aromatic ring is 1. The van der Waals surface area contributed by atoms with Crippen molar-refractivity contribution in [3.8, 4) is 6.07 Å². The number of anilines is 1. The molecule has 0 amide bonds. The van der Waals surface area contributed by atoms with Gasteiger partial charge in [-0.15, -0.1) is 0 Å². The predicted octanol–water partition coefficient (Wildman–Crippen LogP) is 2.07. The molecule has 0 saturated heterocycles. The molecule has 1 aromatic rings. The van der Waals surface area contributed by atoms with E-state index in [-0.39, 0.29) is 12.4 Å². The number of aromatic nitrogens is 2. The summed E-state index contributed by atoms with van der Waals surface area (Å²) in [4.78, 5) is 0. The molecule has 154 valence electrons. The maximum absolute atomic E-state index is 12.7. The molecule has 5 N–H and O–H groups in total. The third-order valence-electron chi connectivity index (χ3n) is 3.17. The number of hydrogen-bond acceptors (Lipinski definition) is 7. The van der Waals surface area contributed by atoms with Gasteiger partial charge in [-0.3, -0.25) is 0 Å². The van der Waals surface area contributed by atoms with E-state index in [1.54, 1.807) is 6.07 Å². The van der Waals surface area contributed by atoms with Crippen molar-refractivity contribution in [2.45, 2.75) is 17.9 Å². The molecule has 1 aromatic heterocycles. The molecule has 0 fully saturated rings. The van der Waals surface area contributed by atoms with Crippen molar-refractivity contribution < 1.29 is 22.6 Å². The minimum atomic E-state index is -4.50. The number of hydrogen-bond donors (Lipinski definition) is 3. The molecule has 1 atom stereocenters. The molecule has 0 radical (unpaired) electrons. The molecule has 0 spiro atoms. The van der Waals surface area contributed by atoms with Crippen LogP contribution in [0.25, 0.3) is 0 Å². The van der Waals surface area contributed by atoms with E-state index in [4.69, 9.17) is 33.1 Å². The fourth-order valence-corrected chi connectivity index (χ4v) is 2.38. The van der Waals surface area contributed by atoms with Crippen LogP contribution in [0, 0.1) is 11.3 Å². The van der Waals surface area contributed by atoms with Crippen LogP contribution in [0.1, 0.15) is 5.69 Å². The Morgan fingerprint density at radius 3 is 2.68 bits per heavy atom. The number of alkyl halides is 4. The number of nitrogens with two attached hydrogens (primary N) is 2. The number of allylic oxidation sites excluding steroid dienone is 3. The number of nitriles is 1. The Morgan fingerprint density at radius 2 is 2.14 bits per heavy atom. The number of halogens is 4. The summed E-state index contributed by atoms with van der Waals surface area (Å²) in [5.41, 5.74) is 11.0. The van der Waals surface area contributed by atoms with Crippen molar-refractivity contribution in [1.82, 2.24) is 15.1 Å². The lowest BCUT2D eigenvalue weighted by molar-refractivity contribution is -0.0892. The summed E-state index contributed by atoms with van der Waals surface area (Å²) in [7, 11) is 2.99. The summed E-state index contributed by atoms with van der Waals surface area (Å²) < 4.78 is 48.8. The topological polar surface area (TPSA) is 124 Å². The van der Waals surface area contributed by atoms with Crippen LogP contribution in [0.5, 0.6) is 0 Å². The van der Waals surface area contributed by atoms with Crippen LogP contribution in [-0.2, 0) is 21.2 Å². The van der Waals surface area contributed by atoms with Gasteiger partial charge in [0, 0.05) is 38.3 Å². The summed E-state index contributed by atoms with van der Waals surface area (Å²) in [5.74, 6) is 0.118. The average molecular weight is 421 g/mol. The molecule has 1 aliphatic rings. The predicted molar refractivity (Wildman–Crippen MR) is 97.4 cm³/mol. The molecule has 12 heteroatoms. The fourth-order valence-electron chi connectivity index (χ4n) is 2.06. The maximum Gasteiger partial charge on any atom is 0.416 e. The van der Waals surface area contributed by atoms with Gasteiger partial charge < -0.3 is 26.3 Å². The Balaban J connectivity index is 0.000000416. The normalized spacial score (nSPS) is 19.2. The van der Waals surface area contributed by atoms with E-state index in [9.17, 15) is 13.2 Å². The van der Waals surface area contributed by atoms with Crippen LogP contribution in [0.15, 0.2) is 41.8 Å². The number of dihydropyridines is 1. The third kappa shape index (κ3) is 6.49. The highest BCUT2D eigenvalue weighted by atomic mass is 35.5. The van der Waals surface area contributed by atoms with Crippen LogP contribution in [0.3, 0.4) is 0 Å². The first kappa shape index (κ1) is 23.4. The van der Waals surface area contributed by atoms with Crippen LogP contribution in [0.4, 0.5) is 19.0 Å². The third-order valence-corrected chi connectivity index (χ3v) is 3.55. The van der Waals surface area contributed by atoms with Gasteiger partial charge in [-0.1, -0.05) is 11.6 Å². The Kier molecular flexibility index (Phi) is 8.36. The lowest BCUT2D eigenvalue weighted by Crippen LogP contribution is -2.42. The molecule has 2 heterocycles. The van der Waals surface area contributed by atoms with Gasteiger partial charge in [0.05, 0.1) is 30.6 Å². The molecular weight excluding hydrogens is 401 g/mol. The maximum atomic E-state index is 12.7. The summed E-state index contributed by atoms with van der Waals surface area (Å²) in [6, 6.07) is 3.27. The van der Waals surface area contributed by atoms with Crippen LogP contribution in [0.2, 0.25) is 0 Å². The fraction of sp³-hybridized carbons (Fsp3) is 0.375. The first-order valence-corrected chi connectivity index (χ1v) is 8.05. The van der Waals surface area contributed by atoms with Gasteiger partial charge in [0.15, 0.2) is 0 Å². The van der Waals surface area contributed by atoms with Gasteiger partial charge in [0.2, 0.25) is 5.12 Å². The first-order valence-electron chi connectivity index (χ1n) is 7.67. The Morgan fingerprint density at radius 1 is 1.46 bits per heavy atom. The largest absolute Gasteiger partial charge is 0.416 e. The molecule has 2 rings (SSSR count). The number of ether oxygens (including phenoxy) is 2. The standard InChI is InChI=1S/C11H12ClF3N4O.C5H8N2O/c1-20-6-8-4-9(16)19(18-8)10(12)5-7(2-3-17-10)11(13,14)15;1-8-4-5(7)2-3-6/h2-5,17H,6,16H2,1H3;2H,4,7H2,1H3/b;5-2+. The Hall–Kier alpha value is -2.68. The van der Waals surface area contributed by atoms with Crippen molar-refractivity contribution in [3.63, 3.8) is 0 Å². The molecule has 1 aliphatic heterocycles. The zero-order chi connectivity index (χ0) is 21.4. The van der Waals surface area contributed by atoms with Gasteiger partial charge >= 0.3 is 6.18 Å². The van der Waals surface area contributed by atoms with E-state index >= 15 is 0 Å². The van der Waals surface area contributed by atoms with E-state index in [2.05, 4.69) is 15.2 Å². The van der Waals surface area contributed by atoms with Crippen molar-refractivity contribution >= 4 is 17.4 Å². The first-order chi connectivity index (χ1) is 13.1. The highest BCUT2D eigenvalue weighted by molar-refractivity contribution is 6.23. The van der Waals surface area contributed by atoms with Crippen LogP contribution in [-0.4, -0.2) is 36.8 Å². The summed E-state index contributed by atoms with van der Waals surface area (Å²) in [5, 5.41) is 12.9. The zero-order valence-corrected chi connectivity index (χ0v) is 15.9. The monoisotopic (exact) mass is 420 g/mol. The zero-order valence-electron chi connectivity index (χ0n) is 15.1. The van der Waals surface area contributed by atoms with Crippen LogP contribution < -0.4 is 16.8 Å². The SMILES string of the molecule is COC/C(N)=C\C#N.COCc1cc(N)n(C2(Cl)C=C(C(F)(F)F)C=CN2)n1. The molecule has 8 nitrogen and oxygen atoms in total. The van der Waals surface area contributed by atoms with E-state index in [0.29, 0.717) is 18.0 Å². The minimum absolute atomic E-state index is 0.118. The minimum Gasteiger partial charge on any atom is -0.400 e. The summed E-state index contributed by atoms with van der Waals surface area (Å²) >= 11 is 6.16. The van der Waals surface area contributed by atoms with E-state index < -0.39 is 16.9 Å². The second-order valence-corrected chi connectivity index (χ2v) is 6.01. The number of rotatable bonds is 5. The van der Waals surface area contributed by atoms with Gasteiger partial charge in [0.25, 0.3) is 0 Å². The number of methoxy groups -OCH3 is 2. The smallest absolute Gasteiger partial charge is 0.400 e. The van der Waals surface area contributed by atoms with Gasteiger partial charge in [-0.05, 0) is 12.2 Å². The van der Waals surface area contributed by atoms with E-state index in [1.807, 2.05) is 0 Å².